The van der Waals surface area contributed by atoms with E-state index in [0.29, 0.717) is 6.54 Å². The zero-order valence-electron chi connectivity index (χ0n) is 11.3. The van der Waals surface area contributed by atoms with Gasteiger partial charge in [0.1, 0.15) is 0 Å². The molecule has 0 atom stereocenters. The molecule has 1 aliphatic rings. The number of hydrogen-bond donors (Lipinski definition) is 3. The average Bonchev–Trinajstić information content (AvgIpc) is 2.34. The van der Waals surface area contributed by atoms with Crippen LogP contribution in [0.5, 0.6) is 0 Å². The summed E-state index contributed by atoms with van der Waals surface area (Å²) in [5.41, 5.74) is -0.323. The number of carbonyl (C=O) groups is 3. The van der Waals surface area contributed by atoms with E-state index in [1.807, 2.05) is 0 Å². The van der Waals surface area contributed by atoms with Gasteiger partial charge in [-0.05, 0) is 18.3 Å². The number of carbonyl (C=O) groups excluding carboxylic acids is 2. The van der Waals surface area contributed by atoms with E-state index in [0.717, 1.165) is 32.1 Å². The third kappa shape index (κ3) is 5.72. The minimum absolute atomic E-state index is 0.0571. The molecule has 6 heteroatoms. The Morgan fingerprint density at radius 2 is 1.74 bits per heavy atom. The molecule has 1 saturated carbocycles. The van der Waals surface area contributed by atoms with E-state index in [1.165, 1.54) is 6.92 Å². The molecule has 0 bridgehead atoms. The zero-order valence-corrected chi connectivity index (χ0v) is 11.3. The molecule has 0 radical (unpaired) electrons. The zero-order chi connectivity index (χ0) is 14.3. The molecule has 108 valence electrons. The van der Waals surface area contributed by atoms with Gasteiger partial charge in [-0.15, -0.1) is 0 Å². The van der Waals surface area contributed by atoms with Gasteiger partial charge in [0.05, 0.1) is 13.0 Å². The molecule has 0 aromatic carbocycles. The van der Waals surface area contributed by atoms with Crippen LogP contribution in [0.3, 0.4) is 0 Å². The Morgan fingerprint density at radius 1 is 1.11 bits per heavy atom. The van der Waals surface area contributed by atoms with Gasteiger partial charge in [0.15, 0.2) is 0 Å². The first-order chi connectivity index (χ1) is 8.93. The monoisotopic (exact) mass is 270 g/mol. The summed E-state index contributed by atoms with van der Waals surface area (Å²) >= 11 is 0. The summed E-state index contributed by atoms with van der Waals surface area (Å²) in [6.07, 6.45) is 4.90. The molecule has 0 aliphatic heterocycles. The van der Waals surface area contributed by atoms with Crippen molar-refractivity contribution >= 4 is 17.8 Å². The van der Waals surface area contributed by atoms with E-state index in [4.69, 9.17) is 5.11 Å². The van der Waals surface area contributed by atoms with Gasteiger partial charge < -0.3 is 15.7 Å². The summed E-state index contributed by atoms with van der Waals surface area (Å²) in [7, 11) is 0. The Balaban J connectivity index is 2.46. The molecule has 0 heterocycles. The number of carboxylic acids is 1. The van der Waals surface area contributed by atoms with Gasteiger partial charge in [-0.2, -0.15) is 0 Å². The number of hydrogen-bond acceptors (Lipinski definition) is 3. The number of aliphatic carboxylic acids is 1. The fourth-order valence-electron chi connectivity index (χ4n) is 2.59. The molecule has 0 spiro atoms. The first-order valence-electron chi connectivity index (χ1n) is 6.66. The molecule has 1 aliphatic carbocycles. The van der Waals surface area contributed by atoms with Gasteiger partial charge in [0, 0.05) is 13.5 Å². The van der Waals surface area contributed by atoms with Gasteiger partial charge in [0.25, 0.3) is 0 Å². The van der Waals surface area contributed by atoms with Gasteiger partial charge >= 0.3 is 5.97 Å². The first kappa shape index (κ1) is 15.5. The van der Waals surface area contributed by atoms with Crippen molar-refractivity contribution in [3.8, 4) is 0 Å². The van der Waals surface area contributed by atoms with Gasteiger partial charge in [-0.25, -0.2) is 0 Å². The lowest BCUT2D eigenvalue weighted by Crippen LogP contribution is -2.43. The fourth-order valence-corrected chi connectivity index (χ4v) is 2.59. The van der Waals surface area contributed by atoms with E-state index in [1.54, 1.807) is 0 Å². The highest BCUT2D eigenvalue weighted by Gasteiger charge is 2.34. The van der Waals surface area contributed by atoms with Crippen LogP contribution in [0.15, 0.2) is 0 Å². The number of amides is 2. The topological polar surface area (TPSA) is 95.5 Å². The molecule has 1 rings (SSSR count). The summed E-state index contributed by atoms with van der Waals surface area (Å²) in [6, 6.07) is 0. The number of rotatable bonds is 6. The third-order valence-corrected chi connectivity index (χ3v) is 3.60. The van der Waals surface area contributed by atoms with Crippen LogP contribution in [-0.4, -0.2) is 36.0 Å². The predicted octanol–water partition coefficient (Wildman–Crippen LogP) is 0.664. The van der Waals surface area contributed by atoms with Crippen LogP contribution in [0.25, 0.3) is 0 Å². The van der Waals surface area contributed by atoms with Crippen LogP contribution < -0.4 is 10.6 Å². The second-order valence-corrected chi connectivity index (χ2v) is 5.32. The molecular formula is C13H22N2O4. The smallest absolute Gasteiger partial charge is 0.303 e. The van der Waals surface area contributed by atoms with Crippen molar-refractivity contribution in [1.82, 2.24) is 10.6 Å². The highest BCUT2D eigenvalue weighted by Crippen LogP contribution is 2.38. The van der Waals surface area contributed by atoms with E-state index in [9.17, 15) is 14.4 Å². The van der Waals surface area contributed by atoms with Gasteiger partial charge in [-0.1, -0.05) is 19.3 Å². The van der Waals surface area contributed by atoms with E-state index >= 15 is 0 Å². The molecule has 0 aromatic heterocycles. The molecule has 0 unspecified atom stereocenters. The summed E-state index contributed by atoms with van der Waals surface area (Å²) in [6.45, 7) is 1.66. The second-order valence-electron chi connectivity index (χ2n) is 5.32. The molecule has 6 nitrogen and oxygen atoms in total. The molecule has 0 saturated heterocycles. The van der Waals surface area contributed by atoms with Crippen LogP contribution >= 0.6 is 0 Å². The molecule has 2 amide bonds. The third-order valence-electron chi connectivity index (χ3n) is 3.60. The maximum atomic E-state index is 11.5. The Bertz CT molecular complexity index is 349. The van der Waals surface area contributed by atoms with Crippen LogP contribution in [0.1, 0.15) is 45.4 Å². The van der Waals surface area contributed by atoms with Crippen LogP contribution in [0, 0.1) is 5.41 Å². The minimum atomic E-state index is -0.821. The molecule has 3 N–H and O–H groups in total. The maximum Gasteiger partial charge on any atom is 0.303 e. The van der Waals surface area contributed by atoms with Crippen molar-refractivity contribution < 1.29 is 19.5 Å². The van der Waals surface area contributed by atoms with Crippen molar-refractivity contribution in [1.29, 1.82) is 0 Å². The van der Waals surface area contributed by atoms with Gasteiger partial charge in [0.2, 0.25) is 11.8 Å². The van der Waals surface area contributed by atoms with Crippen LogP contribution in [0.2, 0.25) is 0 Å². The molecule has 1 fully saturated rings. The summed E-state index contributed by atoms with van der Waals surface area (Å²) in [5, 5.41) is 14.2. The quantitative estimate of drug-likeness (QED) is 0.661. The largest absolute Gasteiger partial charge is 0.481 e. The Kier molecular flexibility index (Phi) is 5.79. The van der Waals surface area contributed by atoms with Crippen molar-refractivity contribution in [3.63, 3.8) is 0 Å². The summed E-state index contributed by atoms with van der Waals surface area (Å²) in [4.78, 5) is 33.2. The maximum absolute atomic E-state index is 11.5. The molecule has 0 aromatic rings. The van der Waals surface area contributed by atoms with Crippen molar-refractivity contribution in [3.05, 3.63) is 0 Å². The van der Waals surface area contributed by atoms with E-state index < -0.39 is 5.97 Å². The van der Waals surface area contributed by atoms with Crippen molar-refractivity contribution in [2.75, 3.05) is 13.1 Å². The fraction of sp³-hybridized carbons (Fsp3) is 0.769. The minimum Gasteiger partial charge on any atom is -0.481 e. The van der Waals surface area contributed by atoms with Crippen molar-refractivity contribution in [2.45, 2.75) is 45.4 Å². The lowest BCUT2D eigenvalue weighted by molar-refractivity contribution is -0.140. The Morgan fingerprint density at radius 3 is 2.26 bits per heavy atom. The van der Waals surface area contributed by atoms with Crippen LogP contribution in [-0.2, 0) is 14.4 Å². The summed E-state index contributed by atoms with van der Waals surface area (Å²) in [5.74, 6) is -1.35. The summed E-state index contributed by atoms with van der Waals surface area (Å²) < 4.78 is 0. The molecular weight excluding hydrogens is 248 g/mol. The first-order valence-corrected chi connectivity index (χ1v) is 6.66. The van der Waals surface area contributed by atoms with Crippen LogP contribution in [0.4, 0.5) is 0 Å². The van der Waals surface area contributed by atoms with Gasteiger partial charge in [-0.3, -0.25) is 14.4 Å². The normalized spacial score (nSPS) is 17.5. The number of nitrogens with one attached hydrogen (secondary N) is 2. The Hall–Kier alpha value is -1.59. The lowest BCUT2D eigenvalue weighted by Gasteiger charge is -2.36. The van der Waals surface area contributed by atoms with E-state index in [-0.39, 0.29) is 30.2 Å². The lowest BCUT2D eigenvalue weighted by atomic mass is 9.71. The highest BCUT2D eigenvalue weighted by atomic mass is 16.4. The predicted molar refractivity (Wildman–Crippen MR) is 69.5 cm³/mol. The number of carboxylic acid groups (broad SMARTS) is 1. The van der Waals surface area contributed by atoms with E-state index in [2.05, 4.69) is 10.6 Å². The Labute approximate surface area is 112 Å². The molecule has 19 heavy (non-hydrogen) atoms. The van der Waals surface area contributed by atoms with Crippen molar-refractivity contribution in [2.24, 2.45) is 5.41 Å². The highest BCUT2D eigenvalue weighted by molar-refractivity contribution is 5.83. The standard InChI is InChI=1S/C13H22N2O4/c1-10(16)14-8-11(17)15-9-13(7-12(18)19)5-3-2-4-6-13/h2-9H2,1H3,(H,14,16)(H,15,17)(H,18,19). The second kappa shape index (κ2) is 7.11. The average molecular weight is 270 g/mol. The SMILES string of the molecule is CC(=O)NCC(=O)NCC1(CC(=O)O)CCCCC1.